The fraction of sp³-hybridized carbons (Fsp3) is 0.250. The lowest BCUT2D eigenvalue weighted by atomic mass is 10.1. The molecular formula is C24H26FN3O2S. The SMILES string of the molecule is COc1ccc(CN(C)C(C)C(=O)Nc2cccc(CSc3ccccn3)c2)cc1F. The Morgan fingerprint density at radius 2 is 2.00 bits per heavy atom. The van der Waals surface area contributed by atoms with Crippen molar-refractivity contribution in [2.24, 2.45) is 0 Å². The topological polar surface area (TPSA) is 54.5 Å². The van der Waals surface area contributed by atoms with Gasteiger partial charge in [0.15, 0.2) is 11.6 Å². The Hall–Kier alpha value is -2.90. The monoisotopic (exact) mass is 439 g/mol. The normalized spacial score (nSPS) is 11.9. The quantitative estimate of drug-likeness (QED) is 0.477. The van der Waals surface area contributed by atoms with Gasteiger partial charge in [0.25, 0.3) is 0 Å². The zero-order chi connectivity index (χ0) is 22.2. The summed E-state index contributed by atoms with van der Waals surface area (Å²) in [4.78, 5) is 18.9. The van der Waals surface area contributed by atoms with Gasteiger partial charge < -0.3 is 10.1 Å². The van der Waals surface area contributed by atoms with Gasteiger partial charge in [0.1, 0.15) is 0 Å². The van der Waals surface area contributed by atoms with Gasteiger partial charge in [-0.25, -0.2) is 9.37 Å². The summed E-state index contributed by atoms with van der Waals surface area (Å²) in [5.74, 6) is 0.439. The van der Waals surface area contributed by atoms with Crippen LogP contribution in [0.25, 0.3) is 0 Å². The highest BCUT2D eigenvalue weighted by atomic mass is 32.2. The summed E-state index contributed by atoms with van der Waals surface area (Å²) in [6, 6.07) is 18.1. The number of aromatic nitrogens is 1. The third-order valence-corrected chi connectivity index (χ3v) is 5.92. The second kappa shape index (κ2) is 10.9. The molecule has 0 radical (unpaired) electrons. The van der Waals surface area contributed by atoms with Crippen molar-refractivity contribution in [2.45, 2.75) is 30.3 Å². The molecule has 1 atom stereocenters. The number of halogens is 1. The molecule has 2 aromatic carbocycles. The number of nitrogens with one attached hydrogen (secondary N) is 1. The van der Waals surface area contributed by atoms with E-state index in [4.69, 9.17) is 4.74 Å². The number of carbonyl (C=O) groups excluding carboxylic acids is 1. The molecule has 0 bridgehead atoms. The summed E-state index contributed by atoms with van der Waals surface area (Å²) in [5.41, 5.74) is 2.62. The first kappa shape index (κ1) is 22.8. The summed E-state index contributed by atoms with van der Waals surface area (Å²) in [5, 5.41) is 3.94. The zero-order valence-electron chi connectivity index (χ0n) is 17.8. The number of methoxy groups -OCH3 is 1. The third-order valence-electron chi connectivity index (χ3n) is 4.91. The van der Waals surface area contributed by atoms with E-state index in [1.54, 1.807) is 30.1 Å². The molecule has 3 aromatic rings. The van der Waals surface area contributed by atoms with Gasteiger partial charge in [0, 0.05) is 24.2 Å². The van der Waals surface area contributed by atoms with Gasteiger partial charge in [-0.3, -0.25) is 9.69 Å². The Balaban J connectivity index is 1.56. The highest BCUT2D eigenvalue weighted by molar-refractivity contribution is 7.98. The fourth-order valence-corrected chi connectivity index (χ4v) is 3.81. The smallest absolute Gasteiger partial charge is 0.241 e. The molecule has 1 N–H and O–H groups in total. The molecule has 7 heteroatoms. The number of ether oxygens (including phenoxy) is 1. The molecule has 0 saturated heterocycles. The molecule has 0 saturated carbocycles. The lowest BCUT2D eigenvalue weighted by Gasteiger charge is -2.24. The van der Waals surface area contributed by atoms with E-state index >= 15 is 0 Å². The van der Waals surface area contributed by atoms with Crippen molar-refractivity contribution in [1.82, 2.24) is 9.88 Å². The Labute approximate surface area is 186 Å². The highest BCUT2D eigenvalue weighted by Crippen LogP contribution is 2.23. The van der Waals surface area contributed by atoms with Crippen molar-refractivity contribution >= 4 is 23.4 Å². The van der Waals surface area contributed by atoms with E-state index in [-0.39, 0.29) is 11.7 Å². The van der Waals surface area contributed by atoms with E-state index < -0.39 is 11.9 Å². The van der Waals surface area contributed by atoms with E-state index in [2.05, 4.69) is 10.3 Å². The molecule has 1 amide bonds. The van der Waals surface area contributed by atoms with E-state index in [1.165, 1.54) is 13.2 Å². The minimum absolute atomic E-state index is 0.119. The minimum atomic E-state index is -0.411. The Morgan fingerprint density at radius 3 is 2.71 bits per heavy atom. The highest BCUT2D eigenvalue weighted by Gasteiger charge is 2.19. The Kier molecular flexibility index (Phi) is 8.03. The van der Waals surface area contributed by atoms with Gasteiger partial charge in [-0.15, -0.1) is 11.8 Å². The summed E-state index contributed by atoms with van der Waals surface area (Å²) in [7, 11) is 3.27. The lowest BCUT2D eigenvalue weighted by Crippen LogP contribution is -2.39. The van der Waals surface area contributed by atoms with Crippen LogP contribution in [0.4, 0.5) is 10.1 Å². The predicted octanol–water partition coefficient (Wildman–Crippen LogP) is 4.98. The van der Waals surface area contributed by atoms with Crippen molar-refractivity contribution in [1.29, 1.82) is 0 Å². The standard InChI is InChI=1S/C24H26FN3O2S/c1-17(28(2)15-18-10-11-22(30-3)21(25)14-18)24(29)27-20-8-6-7-19(13-20)16-31-23-9-4-5-12-26-23/h4-14,17H,15-16H2,1-3H3,(H,27,29). The van der Waals surface area contributed by atoms with Crippen molar-refractivity contribution in [2.75, 3.05) is 19.5 Å². The fourth-order valence-electron chi connectivity index (χ4n) is 3.01. The number of hydrogen-bond donors (Lipinski definition) is 1. The number of likely N-dealkylation sites (N-methyl/N-ethyl adjacent to an activating group) is 1. The van der Waals surface area contributed by atoms with E-state index in [0.29, 0.717) is 6.54 Å². The van der Waals surface area contributed by atoms with Crippen molar-refractivity contribution in [3.8, 4) is 5.75 Å². The molecule has 0 aliphatic heterocycles. The van der Waals surface area contributed by atoms with Gasteiger partial charge in [0.2, 0.25) is 5.91 Å². The lowest BCUT2D eigenvalue weighted by molar-refractivity contribution is -0.120. The van der Waals surface area contributed by atoms with Crippen LogP contribution in [0, 0.1) is 5.82 Å². The molecule has 0 aliphatic rings. The number of anilines is 1. The van der Waals surface area contributed by atoms with E-state index in [9.17, 15) is 9.18 Å². The van der Waals surface area contributed by atoms with Gasteiger partial charge in [-0.1, -0.05) is 24.3 Å². The molecule has 162 valence electrons. The average molecular weight is 440 g/mol. The molecule has 0 spiro atoms. The second-order valence-corrected chi connectivity index (χ2v) is 8.20. The van der Waals surface area contributed by atoms with Crippen LogP contribution in [0.3, 0.4) is 0 Å². The maximum Gasteiger partial charge on any atom is 0.241 e. The summed E-state index contributed by atoms with van der Waals surface area (Å²) >= 11 is 1.65. The van der Waals surface area contributed by atoms with E-state index in [0.717, 1.165) is 27.6 Å². The number of benzene rings is 2. The molecule has 1 heterocycles. The molecule has 31 heavy (non-hydrogen) atoms. The molecule has 0 fully saturated rings. The van der Waals surface area contributed by atoms with Crippen LogP contribution in [0.2, 0.25) is 0 Å². The molecule has 0 aliphatic carbocycles. The number of carbonyl (C=O) groups is 1. The molecule has 1 aromatic heterocycles. The Morgan fingerprint density at radius 1 is 1.16 bits per heavy atom. The number of amides is 1. The summed E-state index contributed by atoms with van der Waals surface area (Å²) in [6.07, 6.45) is 1.77. The number of rotatable bonds is 9. The van der Waals surface area contributed by atoms with Crippen LogP contribution in [-0.4, -0.2) is 36.0 Å². The van der Waals surface area contributed by atoms with E-state index in [1.807, 2.05) is 61.3 Å². The molecule has 5 nitrogen and oxygen atoms in total. The van der Waals surface area contributed by atoms with Crippen molar-refractivity contribution in [3.63, 3.8) is 0 Å². The van der Waals surface area contributed by atoms with Crippen LogP contribution in [0.5, 0.6) is 5.75 Å². The van der Waals surface area contributed by atoms with Crippen LogP contribution < -0.4 is 10.1 Å². The predicted molar refractivity (Wildman–Crippen MR) is 123 cm³/mol. The number of pyridine rings is 1. The van der Waals surface area contributed by atoms with Crippen LogP contribution >= 0.6 is 11.8 Å². The van der Waals surface area contributed by atoms with Gasteiger partial charge in [-0.05, 0) is 61.5 Å². The van der Waals surface area contributed by atoms with Crippen LogP contribution in [-0.2, 0) is 17.1 Å². The molecule has 1 unspecified atom stereocenters. The Bertz CT molecular complexity index is 1020. The minimum Gasteiger partial charge on any atom is -0.494 e. The van der Waals surface area contributed by atoms with Crippen molar-refractivity contribution in [3.05, 3.63) is 83.8 Å². The largest absolute Gasteiger partial charge is 0.494 e. The van der Waals surface area contributed by atoms with Crippen LogP contribution in [0.1, 0.15) is 18.1 Å². The van der Waals surface area contributed by atoms with Gasteiger partial charge in [-0.2, -0.15) is 0 Å². The van der Waals surface area contributed by atoms with Gasteiger partial charge >= 0.3 is 0 Å². The van der Waals surface area contributed by atoms with Gasteiger partial charge in [0.05, 0.1) is 18.2 Å². The number of hydrogen-bond acceptors (Lipinski definition) is 5. The molecule has 3 rings (SSSR count). The maximum absolute atomic E-state index is 13.9. The summed E-state index contributed by atoms with van der Waals surface area (Å²) in [6.45, 7) is 2.27. The average Bonchev–Trinajstić information content (AvgIpc) is 2.78. The number of nitrogens with zero attached hydrogens (tertiary/aromatic N) is 2. The first-order valence-electron chi connectivity index (χ1n) is 9.92. The first-order chi connectivity index (χ1) is 15.0. The third kappa shape index (κ3) is 6.54. The summed E-state index contributed by atoms with van der Waals surface area (Å²) < 4.78 is 18.9. The second-order valence-electron chi connectivity index (χ2n) is 7.21. The zero-order valence-corrected chi connectivity index (χ0v) is 18.7. The van der Waals surface area contributed by atoms with Crippen LogP contribution in [0.15, 0.2) is 71.9 Å². The maximum atomic E-state index is 13.9. The number of thioether (sulfide) groups is 1. The van der Waals surface area contributed by atoms with Crippen molar-refractivity contribution < 1.29 is 13.9 Å². The molecular weight excluding hydrogens is 413 g/mol. The first-order valence-corrected chi connectivity index (χ1v) is 10.9.